The average Bonchev–Trinajstić information content (AvgIpc) is 2.84. The third-order valence-corrected chi connectivity index (χ3v) is 7.29. The first kappa shape index (κ1) is 31.9. The number of oxime groups is 1. The molecule has 0 aliphatic carbocycles. The van der Waals surface area contributed by atoms with Crippen molar-refractivity contribution in [1.29, 1.82) is 0 Å². The zero-order valence-corrected chi connectivity index (χ0v) is 22.3. The number of benzene rings is 1. The van der Waals surface area contributed by atoms with E-state index in [4.69, 9.17) is 11.5 Å². The number of sulfonamides is 1. The van der Waals surface area contributed by atoms with Crippen molar-refractivity contribution in [2.75, 3.05) is 24.1 Å². The third kappa shape index (κ3) is 8.33. The molecule has 1 heterocycles. The normalized spacial score (nSPS) is 12.6. The lowest BCUT2D eigenvalue weighted by molar-refractivity contribution is -0.200. The Bertz CT molecular complexity index is 1570. The number of hydrogen-bond acceptors (Lipinski definition) is 10. The number of anilines is 1. The highest BCUT2D eigenvalue weighted by Crippen LogP contribution is 2.21. The number of aromatic nitrogens is 1. The number of nitrogens with one attached hydrogen (secondary N) is 2. The van der Waals surface area contributed by atoms with Gasteiger partial charge >= 0.3 is 17.7 Å². The van der Waals surface area contributed by atoms with Gasteiger partial charge in [-0.2, -0.15) is 13.2 Å². The summed E-state index contributed by atoms with van der Waals surface area (Å²) in [7, 11) is -8.24. The van der Waals surface area contributed by atoms with Crippen LogP contribution in [0.2, 0.25) is 0 Å². The second-order valence-electron chi connectivity index (χ2n) is 7.86. The first-order valence-electron chi connectivity index (χ1n) is 10.7. The van der Waals surface area contributed by atoms with Crippen LogP contribution >= 0.6 is 0 Å². The summed E-state index contributed by atoms with van der Waals surface area (Å²) >= 11 is 0. The maximum Gasteiger partial charge on any atom is 0.493 e. The van der Waals surface area contributed by atoms with Gasteiger partial charge in [0, 0.05) is 6.26 Å². The number of rotatable bonds is 11. The van der Waals surface area contributed by atoms with E-state index >= 15 is 0 Å². The van der Waals surface area contributed by atoms with Gasteiger partial charge < -0.3 is 26.5 Å². The van der Waals surface area contributed by atoms with Crippen LogP contribution in [-0.4, -0.2) is 65.0 Å². The van der Waals surface area contributed by atoms with Gasteiger partial charge in [-0.3, -0.25) is 14.3 Å². The Hall–Kier alpha value is -4.33. The zero-order valence-electron chi connectivity index (χ0n) is 20.6. The van der Waals surface area contributed by atoms with Crippen LogP contribution in [0.5, 0.6) is 0 Å². The van der Waals surface area contributed by atoms with Crippen molar-refractivity contribution in [2.45, 2.75) is 28.8 Å². The van der Waals surface area contributed by atoms with Crippen LogP contribution in [0.3, 0.4) is 0 Å². The monoisotopic (exact) mass is 612 g/mol. The van der Waals surface area contributed by atoms with E-state index in [1.165, 1.54) is 0 Å². The molecule has 1 unspecified atom stereocenters. The molecule has 1 amide bonds. The Morgan fingerprint density at radius 3 is 2.15 bits per heavy atom. The number of guanidine groups is 1. The quantitative estimate of drug-likeness (QED) is 0.104. The third-order valence-electron chi connectivity index (χ3n) is 4.78. The van der Waals surface area contributed by atoms with Gasteiger partial charge in [-0.05, 0) is 48.5 Å². The molecule has 2 rings (SSSR count). The number of nitrogens with two attached hydrogens (primary N) is 2. The van der Waals surface area contributed by atoms with E-state index in [-0.39, 0.29) is 22.8 Å². The first-order chi connectivity index (χ1) is 18.3. The number of amides is 1. The summed E-state index contributed by atoms with van der Waals surface area (Å²) < 4.78 is 89.0. The number of sulfone groups is 1. The van der Waals surface area contributed by atoms with Crippen LogP contribution < -0.4 is 31.9 Å². The van der Waals surface area contributed by atoms with Crippen LogP contribution in [0.15, 0.2) is 56.1 Å². The molecule has 0 bridgehead atoms. The van der Waals surface area contributed by atoms with E-state index in [1.54, 1.807) is 0 Å². The Balaban J connectivity index is 2.42. The number of halogens is 3. The number of nitrogens with zero attached hydrogens (tertiary/aromatic N) is 2. The fourth-order valence-corrected chi connectivity index (χ4v) is 4.55. The van der Waals surface area contributed by atoms with Gasteiger partial charge in [0.15, 0.2) is 9.84 Å². The molecule has 20 heteroatoms. The van der Waals surface area contributed by atoms with E-state index in [9.17, 15) is 44.4 Å². The van der Waals surface area contributed by atoms with Crippen molar-refractivity contribution in [3.8, 4) is 0 Å². The molecular weight excluding hydrogens is 589 g/mol. The fourth-order valence-electron chi connectivity index (χ4n) is 2.86. The predicted octanol–water partition coefficient (Wildman–Crippen LogP) is -1.01. The molecule has 1 atom stereocenters. The van der Waals surface area contributed by atoms with Crippen molar-refractivity contribution in [3.05, 3.63) is 52.4 Å². The highest BCUT2D eigenvalue weighted by atomic mass is 32.2. The van der Waals surface area contributed by atoms with Gasteiger partial charge in [-0.1, -0.05) is 0 Å². The molecule has 15 nitrogen and oxygen atoms in total. The lowest BCUT2D eigenvalue weighted by Crippen LogP contribution is -2.42. The van der Waals surface area contributed by atoms with Gasteiger partial charge in [0.1, 0.15) is 12.3 Å². The molecule has 40 heavy (non-hydrogen) atoms. The predicted molar refractivity (Wildman–Crippen MR) is 132 cm³/mol. The molecule has 0 saturated carbocycles. The molecule has 0 fully saturated rings. The Morgan fingerprint density at radius 2 is 1.62 bits per heavy atom. The number of pyridine rings is 1. The number of hydrogen-bond donors (Lipinski definition) is 4. The Morgan fingerprint density at radius 1 is 1.05 bits per heavy atom. The molecule has 220 valence electrons. The largest absolute Gasteiger partial charge is 0.493 e. The number of carbonyl (C=O) groups excluding carboxylic acids is 2. The summed E-state index contributed by atoms with van der Waals surface area (Å²) in [5.41, 5.74) is 7.15. The van der Waals surface area contributed by atoms with Crippen LogP contribution in [0.25, 0.3) is 0 Å². The minimum atomic E-state index is -5.55. The van der Waals surface area contributed by atoms with Crippen molar-refractivity contribution in [3.63, 3.8) is 0 Å². The molecule has 0 radical (unpaired) electrons. The summed E-state index contributed by atoms with van der Waals surface area (Å²) in [5, 5.41) is 5.54. The highest BCUT2D eigenvalue weighted by Gasteiger charge is 2.43. The van der Waals surface area contributed by atoms with E-state index in [0.717, 1.165) is 49.6 Å². The van der Waals surface area contributed by atoms with Crippen LogP contribution in [0, 0.1) is 0 Å². The Labute approximate surface area is 224 Å². The summed E-state index contributed by atoms with van der Waals surface area (Å²) in [4.78, 5) is 45.1. The van der Waals surface area contributed by atoms with E-state index < -0.39 is 71.6 Å². The van der Waals surface area contributed by atoms with Crippen molar-refractivity contribution in [2.24, 2.45) is 16.6 Å². The standard InChI is InChI=1S/C20H23F3N6O9S2/c1-11(16(30)26-9-10-37-27-19(24)25)15-8-7-14(17(31)29(15)38-18(32)20(21,22)23)28-40(35,36)13-5-3-12(4-6-13)39(2,33)34/h3-8,11,28H,9-10H2,1-2H3,(H,26,30)(H4,24,25,27). The van der Waals surface area contributed by atoms with Gasteiger partial charge in [-0.15, -0.1) is 4.73 Å². The number of alkyl halides is 3. The lowest BCUT2D eigenvalue weighted by atomic mass is 10.1. The minimum absolute atomic E-state index is 0.166. The average molecular weight is 613 g/mol. The fraction of sp³-hybridized carbons (Fsp3) is 0.300. The van der Waals surface area contributed by atoms with Crippen LogP contribution in [0.1, 0.15) is 18.5 Å². The zero-order chi connectivity index (χ0) is 30.5. The van der Waals surface area contributed by atoms with Crippen molar-refractivity contribution in [1.82, 2.24) is 10.0 Å². The molecule has 0 aliphatic heterocycles. The maximum absolute atomic E-state index is 13.0. The van der Waals surface area contributed by atoms with Gasteiger partial charge in [0.25, 0.3) is 10.0 Å². The van der Waals surface area contributed by atoms with E-state index in [1.807, 2.05) is 4.72 Å². The minimum Gasteiger partial charge on any atom is -0.391 e. The van der Waals surface area contributed by atoms with Gasteiger partial charge in [0.2, 0.25) is 11.9 Å². The molecule has 0 spiro atoms. The van der Waals surface area contributed by atoms with Crippen molar-refractivity contribution >= 4 is 43.4 Å². The number of carbonyl (C=O) groups is 2. The first-order valence-corrected chi connectivity index (χ1v) is 14.1. The molecule has 1 aromatic carbocycles. The molecule has 1 aromatic heterocycles. The highest BCUT2D eigenvalue weighted by molar-refractivity contribution is 7.92. The summed E-state index contributed by atoms with van der Waals surface area (Å²) in [6.07, 6.45) is -4.66. The van der Waals surface area contributed by atoms with E-state index in [0.29, 0.717) is 0 Å². The van der Waals surface area contributed by atoms with E-state index in [2.05, 4.69) is 20.1 Å². The SMILES string of the molecule is CC(C(=O)NCCON=C(N)N)c1ccc(NS(=O)(=O)c2ccc(S(C)(=O)=O)cc2)c(=O)n1OC(=O)C(F)(F)F. The van der Waals surface area contributed by atoms with Crippen molar-refractivity contribution < 1.29 is 49.3 Å². The topological polar surface area (TPSA) is 231 Å². The molecule has 2 aromatic rings. The lowest BCUT2D eigenvalue weighted by Gasteiger charge is -2.19. The molecule has 6 N–H and O–H groups in total. The van der Waals surface area contributed by atoms with Crippen LogP contribution in [0.4, 0.5) is 18.9 Å². The molecule has 0 saturated heterocycles. The maximum atomic E-state index is 13.0. The summed E-state index contributed by atoms with van der Waals surface area (Å²) in [6.45, 7) is 0.771. The van der Waals surface area contributed by atoms with Crippen LogP contribution in [-0.2, 0) is 34.3 Å². The molecular formula is C20H23F3N6O9S2. The second kappa shape index (κ2) is 12.2. The smallest absolute Gasteiger partial charge is 0.391 e. The van der Waals surface area contributed by atoms with Gasteiger partial charge in [-0.25, -0.2) is 21.6 Å². The summed E-state index contributed by atoms with van der Waals surface area (Å²) in [6, 6.07) is 5.52. The molecule has 0 aliphatic rings. The van der Waals surface area contributed by atoms with Gasteiger partial charge in [0.05, 0.1) is 27.9 Å². The summed E-state index contributed by atoms with van der Waals surface area (Å²) in [5.74, 6) is -5.49. The second-order valence-corrected chi connectivity index (χ2v) is 11.6. The Kier molecular flexibility index (Phi) is 9.76.